The molecule has 1 N–H and O–H groups in total. The normalized spacial score (nSPS) is 24.3. The van der Waals surface area contributed by atoms with Crippen molar-refractivity contribution in [1.82, 2.24) is 15.1 Å². The summed E-state index contributed by atoms with van der Waals surface area (Å²) in [4.78, 5) is 40.7. The van der Waals surface area contributed by atoms with Gasteiger partial charge in [-0.05, 0) is 54.7 Å². The lowest BCUT2D eigenvalue weighted by Crippen LogP contribution is -2.51. The largest absolute Gasteiger partial charge is 0.340 e. The van der Waals surface area contributed by atoms with Crippen molar-refractivity contribution in [3.8, 4) is 0 Å². The van der Waals surface area contributed by atoms with E-state index in [1.54, 1.807) is 19.2 Å². The molecule has 0 atom stereocenters. The van der Waals surface area contributed by atoms with Crippen molar-refractivity contribution >= 4 is 17.8 Å². The molecule has 1 spiro atoms. The van der Waals surface area contributed by atoms with Gasteiger partial charge in [-0.1, -0.05) is 39.3 Å². The van der Waals surface area contributed by atoms with Gasteiger partial charge in [0.05, 0.1) is 0 Å². The molecule has 4 amide bonds. The van der Waals surface area contributed by atoms with E-state index >= 15 is 0 Å². The molecule has 0 radical (unpaired) electrons. The average Bonchev–Trinajstić information content (AvgIpc) is 2.92. The molecule has 0 unspecified atom stereocenters. The van der Waals surface area contributed by atoms with E-state index in [-0.39, 0.29) is 36.1 Å². The molecule has 2 fully saturated rings. The van der Waals surface area contributed by atoms with Gasteiger partial charge in [-0.3, -0.25) is 14.5 Å². The van der Waals surface area contributed by atoms with Crippen molar-refractivity contribution in [3.63, 3.8) is 0 Å². The molecule has 0 bridgehead atoms. The number of rotatable bonds is 6. The number of nitrogens with one attached hydrogen (secondary N) is 1. The summed E-state index contributed by atoms with van der Waals surface area (Å²) >= 11 is 0. The van der Waals surface area contributed by atoms with Crippen LogP contribution in [0.3, 0.4) is 0 Å². The summed E-state index contributed by atoms with van der Waals surface area (Å²) in [5.41, 5.74) is -0.0159. The van der Waals surface area contributed by atoms with E-state index in [2.05, 4.69) is 26.1 Å². The maximum absolute atomic E-state index is 13.4. The van der Waals surface area contributed by atoms with Crippen LogP contribution in [-0.4, -0.2) is 46.8 Å². The summed E-state index contributed by atoms with van der Waals surface area (Å²) in [5, 5.41) is 2.88. The minimum absolute atomic E-state index is 0.208. The molecule has 1 aliphatic carbocycles. The summed E-state index contributed by atoms with van der Waals surface area (Å²) in [6.07, 6.45) is 4.05. The number of hydrogen-bond acceptors (Lipinski definition) is 3. The van der Waals surface area contributed by atoms with Gasteiger partial charge in [0, 0.05) is 13.6 Å². The Morgan fingerprint density at radius 1 is 1.30 bits per heavy atom. The Labute approximate surface area is 177 Å². The van der Waals surface area contributed by atoms with Crippen LogP contribution in [0.25, 0.3) is 0 Å². The van der Waals surface area contributed by atoms with Crippen molar-refractivity contribution in [2.24, 2.45) is 11.3 Å². The third kappa shape index (κ3) is 4.35. The fourth-order valence-corrected chi connectivity index (χ4v) is 4.59. The van der Waals surface area contributed by atoms with Crippen LogP contribution >= 0.6 is 0 Å². The average molecular weight is 418 g/mol. The second-order valence-corrected chi connectivity index (χ2v) is 9.40. The third-order valence-electron chi connectivity index (χ3n) is 7.13. The van der Waals surface area contributed by atoms with Crippen molar-refractivity contribution < 1.29 is 18.8 Å². The number of nitrogens with zero attached hydrogens (tertiary/aromatic N) is 2. The second kappa shape index (κ2) is 8.36. The van der Waals surface area contributed by atoms with Crippen LogP contribution in [0.5, 0.6) is 0 Å². The summed E-state index contributed by atoms with van der Waals surface area (Å²) in [5.74, 6) is -0.509. The van der Waals surface area contributed by atoms with E-state index in [0.29, 0.717) is 24.3 Å². The van der Waals surface area contributed by atoms with Gasteiger partial charge < -0.3 is 10.2 Å². The Balaban J connectivity index is 1.62. The van der Waals surface area contributed by atoms with E-state index in [1.807, 2.05) is 0 Å². The number of halogens is 1. The molecule has 0 aromatic heterocycles. The van der Waals surface area contributed by atoms with Crippen LogP contribution in [0.15, 0.2) is 24.3 Å². The van der Waals surface area contributed by atoms with Crippen LogP contribution in [0.1, 0.15) is 58.4 Å². The van der Waals surface area contributed by atoms with Gasteiger partial charge >= 0.3 is 6.03 Å². The van der Waals surface area contributed by atoms with Gasteiger partial charge in [-0.25, -0.2) is 9.18 Å². The van der Waals surface area contributed by atoms with Crippen LogP contribution in [0, 0.1) is 17.2 Å². The van der Waals surface area contributed by atoms with Crippen LogP contribution < -0.4 is 5.32 Å². The van der Waals surface area contributed by atoms with Gasteiger partial charge in [0.25, 0.3) is 5.91 Å². The summed E-state index contributed by atoms with van der Waals surface area (Å²) in [6.45, 7) is 6.59. The first-order valence-corrected chi connectivity index (χ1v) is 10.7. The molecule has 164 valence electrons. The molecule has 1 saturated carbocycles. The molecular formula is C23H32FN3O3. The Bertz CT molecular complexity index is 831. The quantitative estimate of drug-likeness (QED) is 0.718. The molecule has 1 aromatic carbocycles. The van der Waals surface area contributed by atoms with E-state index in [1.165, 1.54) is 17.0 Å². The predicted octanol–water partition coefficient (Wildman–Crippen LogP) is 3.70. The molecule has 1 aromatic rings. The summed E-state index contributed by atoms with van der Waals surface area (Å²) in [6, 6.07) is 5.52. The number of carbonyl (C=O) groups excluding carboxylic acids is 3. The second-order valence-electron chi connectivity index (χ2n) is 9.40. The predicted molar refractivity (Wildman–Crippen MR) is 112 cm³/mol. The molecule has 3 rings (SSSR count). The first kappa shape index (κ1) is 22.2. The van der Waals surface area contributed by atoms with Crippen molar-refractivity contribution in [3.05, 3.63) is 35.6 Å². The highest BCUT2D eigenvalue weighted by Crippen LogP contribution is 2.45. The SMILES string of the molecule is CCC(C)(C)C1CCC2(CC1)NC(=O)N(CC(=O)N(C)Cc1cccc(F)c1)C2=O. The topological polar surface area (TPSA) is 69.7 Å². The first-order chi connectivity index (χ1) is 14.1. The number of likely N-dealkylation sites (N-methyl/N-ethyl adjacent to an activating group) is 1. The number of carbonyl (C=O) groups is 3. The lowest BCUT2D eigenvalue weighted by atomic mass is 9.65. The number of urea groups is 1. The maximum atomic E-state index is 13.4. The smallest absolute Gasteiger partial charge is 0.325 e. The zero-order valence-corrected chi connectivity index (χ0v) is 18.3. The van der Waals surface area contributed by atoms with Crippen LogP contribution in [0.4, 0.5) is 9.18 Å². The van der Waals surface area contributed by atoms with Crippen LogP contribution in [0.2, 0.25) is 0 Å². The standard InChI is InChI=1S/C23H32FN3O3/c1-5-22(2,3)17-9-11-23(12-10-17)20(29)27(21(30)25-23)15-19(28)26(4)14-16-7-6-8-18(24)13-16/h6-8,13,17H,5,9-12,14-15H2,1-4H3,(H,25,30). The highest BCUT2D eigenvalue weighted by molar-refractivity contribution is 6.09. The zero-order valence-electron chi connectivity index (χ0n) is 18.3. The molecule has 1 saturated heterocycles. The van der Waals surface area contributed by atoms with E-state index in [0.717, 1.165) is 24.2 Å². The van der Waals surface area contributed by atoms with Gasteiger partial charge in [0.1, 0.15) is 17.9 Å². The molecule has 1 aliphatic heterocycles. The van der Waals surface area contributed by atoms with Crippen molar-refractivity contribution in [2.75, 3.05) is 13.6 Å². The molecule has 30 heavy (non-hydrogen) atoms. The number of hydrogen-bond donors (Lipinski definition) is 1. The third-order valence-corrected chi connectivity index (χ3v) is 7.13. The lowest BCUT2D eigenvalue weighted by Gasteiger charge is -2.42. The monoisotopic (exact) mass is 417 g/mol. The number of benzene rings is 1. The van der Waals surface area contributed by atoms with E-state index < -0.39 is 11.6 Å². The minimum Gasteiger partial charge on any atom is -0.340 e. The number of imide groups is 1. The first-order valence-electron chi connectivity index (χ1n) is 10.7. The minimum atomic E-state index is -0.876. The fraction of sp³-hybridized carbons (Fsp3) is 0.609. The summed E-state index contributed by atoms with van der Waals surface area (Å²) in [7, 11) is 1.58. The molecule has 1 heterocycles. The van der Waals surface area contributed by atoms with Crippen LogP contribution in [-0.2, 0) is 16.1 Å². The summed E-state index contributed by atoms with van der Waals surface area (Å²) < 4.78 is 13.4. The van der Waals surface area contributed by atoms with Crippen molar-refractivity contribution in [1.29, 1.82) is 0 Å². The molecular weight excluding hydrogens is 385 g/mol. The number of amides is 4. The fourth-order valence-electron chi connectivity index (χ4n) is 4.59. The van der Waals surface area contributed by atoms with E-state index in [9.17, 15) is 18.8 Å². The van der Waals surface area contributed by atoms with Gasteiger partial charge in [0.2, 0.25) is 5.91 Å². The highest BCUT2D eigenvalue weighted by Gasteiger charge is 2.53. The zero-order chi connectivity index (χ0) is 22.1. The van der Waals surface area contributed by atoms with E-state index in [4.69, 9.17) is 0 Å². The van der Waals surface area contributed by atoms with Gasteiger partial charge in [-0.2, -0.15) is 0 Å². The van der Waals surface area contributed by atoms with Gasteiger partial charge in [0.15, 0.2) is 0 Å². The van der Waals surface area contributed by atoms with Gasteiger partial charge in [-0.15, -0.1) is 0 Å². The molecule has 7 heteroatoms. The molecule has 6 nitrogen and oxygen atoms in total. The maximum Gasteiger partial charge on any atom is 0.325 e. The highest BCUT2D eigenvalue weighted by atomic mass is 19.1. The Kier molecular flexibility index (Phi) is 6.20. The lowest BCUT2D eigenvalue weighted by molar-refractivity contribution is -0.139. The Hall–Kier alpha value is -2.44. The Morgan fingerprint density at radius 2 is 1.97 bits per heavy atom. The molecule has 2 aliphatic rings. The van der Waals surface area contributed by atoms with Crippen molar-refractivity contribution in [2.45, 2.75) is 65.0 Å². The Morgan fingerprint density at radius 3 is 2.57 bits per heavy atom.